The maximum Gasteiger partial charge on any atom is 0.242 e. The van der Waals surface area contributed by atoms with Gasteiger partial charge in [-0.3, -0.25) is 4.79 Å². The van der Waals surface area contributed by atoms with E-state index in [4.69, 9.17) is 4.74 Å². The fraction of sp³-hybridized carbons (Fsp3) is 0.316. The van der Waals surface area contributed by atoms with Gasteiger partial charge in [0.2, 0.25) is 15.9 Å². The Bertz CT molecular complexity index is 877. The number of benzene rings is 2. The summed E-state index contributed by atoms with van der Waals surface area (Å²) in [5.74, 6) is 0.205. The van der Waals surface area contributed by atoms with Crippen molar-refractivity contribution in [2.45, 2.75) is 38.6 Å². The lowest BCUT2D eigenvalue weighted by atomic mass is 10.2. The number of carbonyl (C=O) groups excluding carboxylic acids is 1. The molecule has 2 N–H and O–H groups in total. The van der Waals surface area contributed by atoms with Crippen LogP contribution in [0.1, 0.15) is 25.0 Å². The van der Waals surface area contributed by atoms with E-state index < -0.39 is 22.0 Å². The number of carbonyl (C=O) groups is 1. The second-order valence-corrected chi connectivity index (χ2v) is 7.77. The number of amides is 1. The van der Waals surface area contributed by atoms with Crippen molar-refractivity contribution < 1.29 is 17.9 Å². The second-order valence-electron chi connectivity index (χ2n) is 6.06. The molecule has 0 aliphatic rings. The first-order valence-electron chi connectivity index (χ1n) is 8.36. The van der Waals surface area contributed by atoms with Crippen molar-refractivity contribution in [3.8, 4) is 5.75 Å². The van der Waals surface area contributed by atoms with Crippen molar-refractivity contribution >= 4 is 21.6 Å². The minimum Gasteiger partial charge on any atom is -0.494 e. The van der Waals surface area contributed by atoms with Crippen molar-refractivity contribution in [1.82, 2.24) is 4.72 Å². The molecule has 0 saturated heterocycles. The van der Waals surface area contributed by atoms with Crippen LogP contribution in [0.25, 0.3) is 0 Å². The van der Waals surface area contributed by atoms with Gasteiger partial charge < -0.3 is 10.1 Å². The fourth-order valence-corrected chi connectivity index (χ4v) is 3.64. The van der Waals surface area contributed by atoms with Gasteiger partial charge in [-0.05, 0) is 63.6 Å². The molecule has 7 heteroatoms. The summed E-state index contributed by atoms with van der Waals surface area (Å²) in [5, 5.41) is 2.69. The third-order valence-corrected chi connectivity index (χ3v) is 5.34. The molecule has 26 heavy (non-hydrogen) atoms. The fourth-order valence-electron chi connectivity index (χ4n) is 2.35. The highest BCUT2D eigenvalue weighted by atomic mass is 32.2. The Morgan fingerprint density at radius 3 is 2.35 bits per heavy atom. The van der Waals surface area contributed by atoms with Crippen LogP contribution in [0.3, 0.4) is 0 Å². The molecule has 0 aliphatic heterocycles. The summed E-state index contributed by atoms with van der Waals surface area (Å²) in [4.78, 5) is 12.3. The van der Waals surface area contributed by atoms with Crippen LogP contribution < -0.4 is 14.8 Å². The summed E-state index contributed by atoms with van der Waals surface area (Å²) in [6, 6.07) is 11.0. The average Bonchev–Trinajstić information content (AvgIpc) is 2.58. The summed E-state index contributed by atoms with van der Waals surface area (Å²) < 4.78 is 32.9. The molecule has 0 heterocycles. The number of nitrogens with one attached hydrogen (secondary N) is 2. The quantitative estimate of drug-likeness (QED) is 0.778. The number of rotatable bonds is 7. The normalized spacial score (nSPS) is 12.5. The van der Waals surface area contributed by atoms with Crippen LogP contribution in [0.2, 0.25) is 0 Å². The Kier molecular flexibility index (Phi) is 6.39. The summed E-state index contributed by atoms with van der Waals surface area (Å²) in [6.07, 6.45) is 0. The molecule has 1 atom stereocenters. The smallest absolute Gasteiger partial charge is 0.242 e. The van der Waals surface area contributed by atoms with E-state index in [9.17, 15) is 13.2 Å². The van der Waals surface area contributed by atoms with E-state index in [1.165, 1.54) is 19.1 Å². The highest BCUT2D eigenvalue weighted by molar-refractivity contribution is 7.89. The Balaban J connectivity index is 2.08. The van der Waals surface area contributed by atoms with Gasteiger partial charge in [0.05, 0.1) is 17.5 Å². The molecule has 0 unspecified atom stereocenters. The van der Waals surface area contributed by atoms with E-state index in [-0.39, 0.29) is 4.90 Å². The van der Waals surface area contributed by atoms with Crippen LogP contribution in [0.15, 0.2) is 47.4 Å². The van der Waals surface area contributed by atoms with E-state index >= 15 is 0 Å². The van der Waals surface area contributed by atoms with Crippen molar-refractivity contribution in [2.24, 2.45) is 0 Å². The zero-order valence-electron chi connectivity index (χ0n) is 15.4. The predicted octanol–water partition coefficient (Wildman–Crippen LogP) is 3.01. The first-order chi connectivity index (χ1) is 12.2. The van der Waals surface area contributed by atoms with E-state index in [2.05, 4.69) is 10.0 Å². The van der Waals surface area contributed by atoms with Crippen molar-refractivity contribution in [3.63, 3.8) is 0 Å². The number of ether oxygens (including phenoxy) is 1. The molecule has 140 valence electrons. The molecule has 0 aliphatic carbocycles. The molecule has 2 rings (SSSR count). The molecule has 6 nitrogen and oxygen atoms in total. The summed E-state index contributed by atoms with van der Waals surface area (Å²) >= 11 is 0. The summed E-state index contributed by atoms with van der Waals surface area (Å²) in [5.41, 5.74) is 2.40. The van der Waals surface area contributed by atoms with Gasteiger partial charge in [-0.1, -0.05) is 17.7 Å². The lowest BCUT2D eigenvalue weighted by molar-refractivity contribution is -0.117. The predicted molar refractivity (Wildman–Crippen MR) is 102 cm³/mol. The molecule has 2 aromatic rings. The maximum absolute atomic E-state index is 12.5. The molecule has 0 saturated carbocycles. The topological polar surface area (TPSA) is 84.5 Å². The summed E-state index contributed by atoms with van der Waals surface area (Å²) in [6.45, 7) is 7.59. The van der Waals surface area contributed by atoms with Crippen LogP contribution in [-0.2, 0) is 14.8 Å². The number of sulfonamides is 1. The third kappa shape index (κ3) is 5.06. The molecular formula is C19H24N2O4S. The lowest BCUT2D eigenvalue weighted by Gasteiger charge is -2.15. The van der Waals surface area contributed by atoms with Crippen LogP contribution >= 0.6 is 0 Å². The number of anilines is 1. The van der Waals surface area contributed by atoms with Crippen molar-refractivity contribution in [1.29, 1.82) is 0 Å². The van der Waals surface area contributed by atoms with Gasteiger partial charge >= 0.3 is 0 Å². The molecule has 0 aromatic heterocycles. The molecule has 0 bridgehead atoms. The van der Waals surface area contributed by atoms with Gasteiger partial charge in [-0.25, -0.2) is 8.42 Å². The molecular weight excluding hydrogens is 352 g/mol. The van der Waals surface area contributed by atoms with Gasteiger partial charge in [0.25, 0.3) is 0 Å². The molecule has 0 fully saturated rings. The second kappa shape index (κ2) is 8.33. The Labute approximate surface area is 154 Å². The SMILES string of the molecule is CCOc1ccc(S(=O)(=O)N[C@@H](C)C(=O)Nc2ccc(C)cc2)cc1C. The third-order valence-electron chi connectivity index (χ3n) is 3.80. The van der Waals surface area contributed by atoms with Gasteiger partial charge in [0.15, 0.2) is 0 Å². The molecule has 2 aromatic carbocycles. The van der Waals surface area contributed by atoms with Gasteiger partial charge in [-0.2, -0.15) is 4.72 Å². The number of hydrogen-bond acceptors (Lipinski definition) is 4. The average molecular weight is 376 g/mol. The molecule has 0 radical (unpaired) electrons. The van der Waals surface area contributed by atoms with Gasteiger partial charge in [-0.15, -0.1) is 0 Å². The van der Waals surface area contributed by atoms with Gasteiger partial charge in [0, 0.05) is 5.69 Å². The van der Waals surface area contributed by atoms with Crippen LogP contribution in [0.4, 0.5) is 5.69 Å². The zero-order chi connectivity index (χ0) is 19.3. The summed E-state index contributed by atoms with van der Waals surface area (Å²) in [7, 11) is -3.82. The van der Waals surface area contributed by atoms with Gasteiger partial charge in [0.1, 0.15) is 5.75 Å². The van der Waals surface area contributed by atoms with E-state index in [1.54, 1.807) is 25.1 Å². The van der Waals surface area contributed by atoms with Crippen molar-refractivity contribution in [3.05, 3.63) is 53.6 Å². The van der Waals surface area contributed by atoms with Crippen LogP contribution in [0, 0.1) is 13.8 Å². The first kappa shape index (κ1) is 19.9. The standard InChI is InChI=1S/C19H24N2O4S/c1-5-25-18-11-10-17(12-14(18)3)26(23,24)21-15(4)19(22)20-16-8-6-13(2)7-9-16/h6-12,15,21H,5H2,1-4H3,(H,20,22)/t15-/m0/s1. The van der Waals surface area contributed by atoms with Crippen LogP contribution in [0.5, 0.6) is 5.75 Å². The monoisotopic (exact) mass is 376 g/mol. The highest BCUT2D eigenvalue weighted by Crippen LogP contribution is 2.22. The maximum atomic E-state index is 12.5. The first-order valence-corrected chi connectivity index (χ1v) is 9.84. The largest absolute Gasteiger partial charge is 0.494 e. The van der Waals surface area contributed by atoms with E-state index in [0.29, 0.717) is 23.6 Å². The van der Waals surface area contributed by atoms with E-state index in [0.717, 1.165) is 5.56 Å². The Morgan fingerprint density at radius 2 is 1.77 bits per heavy atom. The van der Waals surface area contributed by atoms with Crippen LogP contribution in [-0.4, -0.2) is 27.0 Å². The molecule has 1 amide bonds. The van der Waals surface area contributed by atoms with Crippen molar-refractivity contribution in [2.75, 3.05) is 11.9 Å². The Morgan fingerprint density at radius 1 is 1.12 bits per heavy atom. The lowest BCUT2D eigenvalue weighted by Crippen LogP contribution is -2.41. The Hall–Kier alpha value is -2.38. The highest BCUT2D eigenvalue weighted by Gasteiger charge is 2.22. The molecule has 0 spiro atoms. The number of hydrogen-bond donors (Lipinski definition) is 2. The minimum absolute atomic E-state index is 0.0911. The van der Waals surface area contributed by atoms with E-state index in [1.807, 2.05) is 26.0 Å². The zero-order valence-corrected chi connectivity index (χ0v) is 16.2. The minimum atomic E-state index is -3.82. The number of aryl methyl sites for hydroxylation is 2.